The molecular formula is C20H24N2O6S. The van der Waals surface area contributed by atoms with Gasteiger partial charge in [0.1, 0.15) is 6.29 Å². The number of hydrogen-bond donors (Lipinski definition) is 1. The van der Waals surface area contributed by atoms with Crippen molar-refractivity contribution in [2.24, 2.45) is 0 Å². The summed E-state index contributed by atoms with van der Waals surface area (Å²) in [6.07, 6.45) is 0.661. The van der Waals surface area contributed by atoms with Crippen molar-refractivity contribution in [3.8, 4) is 11.5 Å². The van der Waals surface area contributed by atoms with Crippen LogP contribution >= 0.6 is 0 Å². The Morgan fingerprint density at radius 2 is 1.83 bits per heavy atom. The largest absolute Gasteiger partial charge is 0.493 e. The predicted octanol–water partition coefficient (Wildman–Crippen LogP) is 2.56. The van der Waals surface area contributed by atoms with Gasteiger partial charge in [-0.15, -0.1) is 0 Å². The van der Waals surface area contributed by atoms with Gasteiger partial charge in [-0.05, 0) is 36.4 Å². The molecule has 0 aliphatic carbocycles. The molecule has 0 aliphatic rings. The first-order chi connectivity index (χ1) is 13.8. The average molecular weight is 420 g/mol. The van der Waals surface area contributed by atoms with Gasteiger partial charge in [0.15, 0.2) is 18.1 Å². The lowest BCUT2D eigenvalue weighted by Gasteiger charge is -2.19. The van der Waals surface area contributed by atoms with Crippen molar-refractivity contribution in [3.63, 3.8) is 0 Å². The minimum atomic E-state index is -3.63. The van der Waals surface area contributed by atoms with Crippen LogP contribution in [0.15, 0.2) is 47.4 Å². The van der Waals surface area contributed by atoms with E-state index in [0.717, 1.165) is 0 Å². The van der Waals surface area contributed by atoms with Gasteiger partial charge in [-0.25, -0.2) is 8.42 Å². The summed E-state index contributed by atoms with van der Waals surface area (Å²) in [5.74, 6) is 0.154. The highest BCUT2D eigenvalue weighted by molar-refractivity contribution is 7.89. The number of benzene rings is 2. The van der Waals surface area contributed by atoms with E-state index >= 15 is 0 Å². The Hall–Kier alpha value is -2.91. The van der Waals surface area contributed by atoms with Crippen LogP contribution in [-0.2, 0) is 14.8 Å². The second-order valence-corrected chi connectivity index (χ2v) is 7.92. The highest BCUT2D eigenvalue weighted by Crippen LogP contribution is 2.27. The molecule has 0 fully saturated rings. The van der Waals surface area contributed by atoms with Gasteiger partial charge in [0.25, 0.3) is 5.91 Å². The van der Waals surface area contributed by atoms with Crippen molar-refractivity contribution < 1.29 is 27.5 Å². The fraction of sp³-hybridized carbons (Fsp3) is 0.300. The van der Waals surface area contributed by atoms with Crippen molar-refractivity contribution >= 4 is 27.9 Å². The average Bonchev–Trinajstić information content (AvgIpc) is 2.72. The summed E-state index contributed by atoms with van der Waals surface area (Å²) in [5.41, 5.74) is 0.718. The molecule has 156 valence electrons. The highest BCUT2D eigenvalue weighted by atomic mass is 32.2. The number of ether oxygens (including phenoxy) is 2. The molecule has 0 heterocycles. The van der Waals surface area contributed by atoms with Crippen LogP contribution in [0, 0.1) is 0 Å². The fourth-order valence-corrected chi connectivity index (χ4v) is 4.17. The van der Waals surface area contributed by atoms with Crippen LogP contribution in [0.5, 0.6) is 11.5 Å². The first-order valence-corrected chi connectivity index (χ1v) is 10.5. The smallest absolute Gasteiger partial charge is 0.262 e. The number of aldehydes is 1. The highest BCUT2D eigenvalue weighted by Gasteiger charge is 2.22. The van der Waals surface area contributed by atoms with Crippen LogP contribution in [0.4, 0.5) is 5.69 Å². The normalized spacial score (nSPS) is 11.2. The summed E-state index contributed by atoms with van der Waals surface area (Å²) < 4.78 is 37.2. The molecule has 29 heavy (non-hydrogen) atoms. The molecule has 0 aliphatic heterocycles. The molecule has 2 aromatic carbocycles. The Morgan fingerprint density at radius 3 is 2.45 bits per heavy atom. The number of nitrogens with one attached hydrogen (secondary N) is 1. The monoisotopic (exact) mass is 420 g/mol. The Morgan fingerprint density at radius 1 is 1.10 bits per heavy atom. The summed E-state index contributed by atoms with van der Waals surface area (Å²) in [6.45, 7) is 3.89. The first-order valence-electron chi connectivity index (χ1n) is 9.01. The van der Waals surface area contributed by atoms with Crippen molar-refractivity contribution in [2.75, 3.05) is 32.1 Å². The van der Waals surface area contributed by atoms with Gasteiger partial charge in [0.05, 0.1) is 12.0 Å². The van der Waals surface area contributed by atoms with E-state index in [1.165, 1.54) is 29.6 Å². The fourth-order valence-electron chi connectivity index (χ4n) is 2.67. The van der Waals surface area contributed by atoms with Crippen molar-refractivity contribution in [2.45, 2.75) is 18.7 Å². The third-order valence-corrected chi connectivity index (χ3v) is 6.19. The molecule has 0 spiro atoms. The van der Waals surface area contributed by atoms with Gasteiger partial charge in [-0.1, -0.05) is 19.9 Å². The second kappa shape index (κ2) is 10.0. The minimum absolute atomic E-state index is 0.0975. The van der Waals surface area contributed by atoms with Crippen LogP contribution in [0.25, 0.3) is 0 Å². The predicted molar refractivity (Wildman–Crippen MR) is 109 cm³/mol. The zero-order chi connectivity index (χ0) is 21.4. The Kier molecular flexibility index (Phi) is 7.74. The van der Waals surface area contributed by atoms with Gasteiger partial charge in [-0.3, -0.25) is 9.59 Å². The van der Waals surface area contributed by atoms with E-state index in [1.54, 1.807) is 38.1 Å². The van der Waals surface area contributed by atoms with Crippen molar-refractivity contribution in [1.82, 2.24) is 4.31 Å². The van der Waals surface area contributed by atoms with E-state index < -0.39 is 15.9 Å². The van der Waals surface area contributed by atoms with Crippen LogP contribution < -0.4 is 14.8 Å². The van der Waals surface area contributed by atoms with Crippen LogP contribution in [0.3, 0.4) is 0 Å². The summed E-state index contributed by atoms with van der Waals surface area (Å²) >= 11 is 0. The number of sulfonamides is 1. The quantitative estimate of drug-likeness (QED) is 0.593. The Balaban J connectivity index is 2.10. The van der Waals surface area contributed by atoms with Crippen molar-refractivity contribution in [3.05, 3.63) is 48.0 Å². The molecule has 8 nitrogen and oxygen atoms in total. The molecule has 0 atom stereocenters. The molecule has 0 unspecified atom stereocenters. The summed E-state index contributed by atoms with van der Waals surface area (Å²) in [4.78, 5) is 23.3. The number of methoxy groups -OCH3 is 1. The third-order valence-electron chi connectivity index (χ3n) is 4.14. The molecule has 0 bridgehead atoms. The minimum Gasteiger partial charge on any atom is -0.493 e. The number of rotatable bonds is 10. The van der Waals surface area contributed by atoms with E-state index in [1.807, 2.05) is 0 Å². The number of amides is 1. The molecule has 0 aromatic heterocycles. The van der Waals surface area contributed by atoms with Crippen molar-refractivity contribution in [1.29, 1.82) is 0 Å². The maximum absolute atomic E-state index is 12.6. The van der Waals surface area contributed by atoms with E-state index in [2.05, 4.69) is 5.32 Å². The first kappa shape index (κ1) is 22.4. The lowest BCUT2D eigenvalue weighted by Crippen LogP contribution is -2.30. The molecule has 0 saturated carbocycles. The third kappa shape index (κ3) is 5.55. The van der Waals surface area contributed by atoms with Gasteiger partial charge in [0, 0.05) is 24.3 Å². The van der Waals surface area contributed by atoms with Gasteiger partial charge in [0.2, 0.25) is 10.0 Å². The number of nitrogens with zero attached hydrogens (tertiary/aromatic N) is 1. The molecule has 0 radical (unpaired) electrons. The Bertz CT molecular complexity index is 971. The lowest BCUT2D eigenvalue weighted by molar-refractivity contribution is -0.118. The second-order valence-electron chi connectivity index (χ2n) is 5.98. The van der Waals surface area contributed by atoms with Crippen LogP contribution in [0.1, 0.15) is 24.2 Å². The standard InChI is InChI=1S/C20H24N2O6S/c1-4-22(5-2)29(25,26)17-8-6-7-16(12-17)21-20(24)14-28-19-11-15(13-23)9-10-18(19)27-3/h6-13H,4-5,14H2,1-3H3,(H,21,24). The van der Waals surface area contributed by atoms with Crippen LogP contribution in [0.2, 0.25) is 0 Å². The number of hydrogen-bond acceptors (Lipinski definition) is 6. The molecular weight excluding hydrogens is 396 g/mol. The molecule has 0 saturated heterocycles. The SMILES string of the molecule is CCN(CC)S(=O)(=O)c1cccc(NC(=O)COc2cc(C=O)ccc2OC)c1. The summed E-state index contributed by atoms with van der Waals surface area (Å²) in [6, 6.07) is 10.6. The van der Waals surface area contributed by atoms with Gasteiger partial charge >= 0.3 is 0 Å². The zero-order valence-corrected chi connectivity index (χ0v) is 17.4. The van der Waals surface area contributed by atoms with Crippen LogP contribution in [-0.4, -0.2) is 51.7 Å². The van der Waals surface area contributed by atoms with E-state index in [-0.39, 0.29) is 17.3 Å². The molecule has 9 heteroatoms. The zero-order valence-electron chi connectivity index (χ0n) is 16.5. The summed E-state index contributed by atoms with van der Waals surface area (Å²) in [5, 5.41) is 2.61. The van der Waals surface area contributed by atoms with E-state index in [0.29, 0.717) is 36.4 Å². The number of carbonyl (C=O) groups is 2. The maximum atomic E-state index is 12.6. The summed E-state index contributed by atoms with van der Waals surface area (Å²) in [7, 11) is -2.18. The maximum Gasteiger partial charge on any atom is 0.262 e. The van der Waals surface area contributed by atoms with Gasteiger partial charge < -0.3 is 14.8 Å². The number of carbonyl (C=O) groups excluding carboxylic acids is 2. The topological polar surface area (TPSA) is 102 Å². The molecule has 2 aromatic rings. The lowest BCUT2D eigenvalue weighted by atomic mass is 10.2. The molecule has 2 rings (SSSR count). The molecule has 1 N–H and O–H groups in total. The van der Waals surface area contributed by atoms with E-state index in [9.17, 15) is 18.0 Å². The van der Waals surface area contributed by atoms with Gasteiger partial charge in [-0.2, -0.15) is 4.31 Å². The molecule has 1 amide bonds. The number of anilines is 1. The Labute approximate surface area is 170 Å². The van der Waals surface area contributed by atoms with E-state index in [4.69, 9.17) is 9.47 Å².